The number of aliphatic carboxylic acids is 1. The van der Waals surface area contributed by atoms with Gasteiger partial charge in [0.25, 0.3) is 0 Å². The molecule has 5 nitrogen and oxygen atoms in total. The molecule has 0 aromatic carbocycles. The Kier molecular flexibility index (Phi) is 3.58. The van der Waals surface area contributed by atoms with E-state index in [2.05, 4.69) is 9.98 Å². The van der Waals surface area contributed by atoms with E-state index in [0.29, 0.717) is 10.8 Å². The first-order valence-electron chi connectivity index (χ1n) is 3.94. The zero-order valence-electron chi connectivity index (χ0n) is 7.97. The second-order valence-corrected chi connectivity index (χ2v) is 3.74. The van der Waals surface area contributed by atoms with E-state index in [4.69, 9.17) is 5.11 Å². The van der Waals surface area contributed by atoms with E-state index in [1.165, 1.54) is 11.3 Å². The van der Waals surface area contributed by atoms with Crippen LogP contribution in [0.1, 0.15) is 5.69 Å². The average molecular weight is 213 g/mol. The molecule has 0 atom stereocenters. The molecule has 0 saturated carbocycles. The lowest BCUT2D eigenvalue weighted by Gasteiger charge is -1.99. The van der Waals surface area contributed by atoms with Crippen LogP contribution in [-0.4, -0.2) is 41.4 Å². The lowest BCUT2D eigenvalue weighted by molar-refractivity contribution is -0.136. The number of hydrogen-bond acceptors (Lipinski definition) is 4. The molecule has 76 valence electrons. The predicted molar refractivity (Wildman–Crippen MR) is 55.3 cm³/mol. The van der Waals surface area contributed by atoms with Crippen molar-refractivity contribution in [1.29, 1.82) is 0 Å². The van der Waals surface area contributed by atoms with E-state index in [-0.39, 0.29) is 6.42 Å². The number of carbonyl (C=O) groups is 1. The standard InChI is InChI=1S/C8H11N3O2S/c1-11(2)5-9-8-10-6(4-14-8)3-7(12)13/h4-5H,3H2,1-2H3,(H,12,13)/b9-5+. The van der Waals surface area contributed by atoms with Gasteiger partial charge >= 0.3 is 5.97 Å². The van der Waals surface area contributed by atoms with Gasteiger partial charge in [0.1, 0.15) is 0 Å². The lowest BCUT2D eigenvalue weighted by Crippen LogP contribution is -2.06. The molecule has 0 saturated heterocycles. The first kappa shape index (κ1) is 10.6. The molecule has 0 spiro atoms. The molecular weight excluding hydrogens is 202 g/mol. The van der Waals surface area contributed by atoms with Crippen LogP contribution in [0.4, 0.5) is 5.13 Å². The van der Waals surface area contributed by atoms with Crippen LogP contribution in [0.5, 0.6) is 0 Å². The van der Waals surface area contributed by atoms with Gasteiger partial charge in [0.2, 0.25) is 5.13 Å². The molecule has 14 heavy (non-hydrogen) atoms. The monoisotopic (exact) mass is 213 g/mol. The lowest BCUT2D eigenvalue weighted by atomic mass is 10.3. The van der Waals surface area contributed by atoms with Gasteiger partial charge in [0.15, 0.2) is 0 Å². The maximum atomic E-state index is 10.4. The zero-order valence-corrected chi connectivity index (χ0v) is 8.78. The van der Waals surface area contributed by atoms with Gasteiger partial charge in [-0.1, -0.05) is 0 Å². The number of thiazole rings is 1. The molecule has 0 unspecified atom stereocenters. The van der Waals surface area contributed by atoms with Crippen molar-refractivity contribution >= 4 is 28.8 Å². The van der Waals surface area contributed by atoms with Crippen molar-refractivity contribution in [3.05, 3.63) is 11.1 Å². The van der Waals surface area contributed by atoms with Crippen LogP contribution in [0.2, 0.25) is 0 Å². The molecule has 0 fully saturated rings. The Morgan fingerprint density at radius 2 is 2.50 bits per heavy atom. The van der Waals surface area contributed by atoms with Gasteiger partial charge in [-0.3, -0.25) is 4.79 Å². The maximum absolute atomic E-state index is 10.4. The van der Waals surface area contributed by atoms with E-state index >= 15 is 0 Å². The highest BCUT2D eigenvalue weighted by Gasteiger charge is 2.04. The van der Waals surface area contributed by atoms with Gasteiger partial charge in [0, 0.05) is 19.5 Å². The Balaban J connectivity index is 2.63. The van der Waals surface area contributed by atoms with Crippen LogP contribution in [-0.2, 0) is 11.2 Å². The Labute approximate surface area is 85.7 Å². The third kappa shape index (κ3) is 3.53. The molecule has 0 bridgehead atoms. The SMILES string of the molecule is CN(C)/C=N/c1nc(CC(=O)O)cs1. The predicted octanol–water partition coefficient (Wildman–Crippen LogP) is 0.992. The Morgan fingerprint density at radius 1 is 1.79 bits per heavy atom. The molecule has 1 rings (SSSR count). The first-order chi connectivity index (χ1) is 6.58. The van der Waals surface area contributed by atoms with Crippen molar-refractivity contribution < 1.29 is 9.90 Å². The molecule has 0 amide bonds. The molecule has 1 N–H and O–H groups in total. The second kappa shape index (κ2) is 4.71. The van der Waals surface area contributed by atoms with Crippen LogP contribution in [0.3, 0.4) is 0 Å². The van der Waals surface area contributed by atoms with Crippen LogP contribution in [0, 0.1) is 0 Å². The highest BCUT2D eigenvalue weighted by atomic mass is 32.1. The van der Waals surface area contributed by atoms with Crippen LogP contribution < -0.4 is 0 Å². The summed E-state index contributed by atoms with van der Waals surface area (Å²) in [6.45, 7) is 0. The van der Waals surface area contributed by atoms with E-state index in [1.54, 1.807) is 16.6 Å². The summed E-state index contributed by atoms with van der Waals surface area (Å²) in [6.07, 6.45) is 1.58. The van der Waals surface area contributed by atoms with E-state index in [9.17, 15) is 4.79 Å². The summed E-state index contributed by atoms with van der Waals surface area (Å²) < 4.78 is 0. The van der Waals surface area contributed by atoms with Crippen molar-refractivity contribution in [2.24, 2.45) is 4.99 Å². The zero-order chi connectivity index (χ0) is 10.6. The fourth-order valence-electron chi connectivity index (χ4n) is 0.757. The van der Waals surface area contributed by atoms with Crippen molar-refractivity contribution in [2.75, 3.05) is 14.1 Å². The molecular formula is C8H11N3O2S. The third-order valence-electron chi connectivity index (χ3n) is 1.27. The molecule has 6 heteroatoms. The molecule has 1 aromatic heterocycles. The van der Waals surface area contributed by atoms with Gasteiger partial charge in [-0.05, 0) is 0 Å². The smallest absolute Gasteiger partial charge is 0.309 e. The summed E-state index contributed by atoms with van der Waals surface area (Å²) in [5.41, 5.74) is 0.549. The number of aliphatic imine (C=N–C) groups is 1. The highest BCUT2D eigenvalue weighted by molar-refractivity contribution is 7.13. The molecule has 0 radical (unpaired) electrons. The Bertz CT molecular complexity index is 346. The minimum Gasteiger partial charge on any atom is -0.481 e. The highest BCUT2D eigenvalue weighted by Crippen LogP contribution is 2.18. The van der Waals surface area contributed by atoms with Gasteiger partial charge in [-0.25, -0.2) is 9.98 Å². The average Bonchev–Trinajstić information content (AvgIpc) is 2.47. The summed E-state index contributed by atoms with van der Waals surface area (Å²) in [6, 6.07) is 0. The molecule has 1 heterocycles. The number of carboxylic acid groups (broad SMARTS) is 1. The Hall–Kier alpha value is -1.43. The quantitative estimate of drug-likeness (QED) is 0.598. The summed E-state index contributed by atoms with van der Waals surface area (Å²) in [5.74, 6) is -0.876. The van der Waals surface area contributed by atoms with Crippen LogP contribution in [0.25, 0.3) is 0 Å². The minimum absolute atomic E-state index is 0.0476. The van der Waals surface area contributed by atoms with Crippen molar-refractivity contribution in [3.8, 4) is 0 Å². The fourth-order valence-corrected chi connectivity index (χ4v) is 1.41. The van der Waals surface area contributed by atoms with Crippen molar-refractivity contribution in [3.63, 3.8) is 0 Å². The van der Waals surface area contributed by atoms with Crippen molar-refractivity contribution in [1.82, 2.24) is 9.88 Å². The summed E-state index contributed by atoms with van der Waals surface area (Å²) in [5, 5.41) is 10.8. The van der Waals surface area contributed by atoms with E-state index < -0.39 is 5.97 Å². The summed E-state index contributed by atoms with van der Waals surface area (Å²) in [4.78, 5) is 20.2. The van der Waals surface area contributed by atoms with Gasteiger partial charge in [-0.2, -0.15) is 0 Å². The van der Waals surface area contributed by atoms with Gasteiger partial charge in [-0.15, -0.1) is 11.3 Å². The number of carboxylic acids is 1. The summed E-state index contributed by atoms with van der Waals surface area (Å²) >= 11 is 1.33. The van der Waals surface area contributed by atoms with E-state index in [1.807, 2.05) is 14.1 Å². The summed E-state index contributed by atoms with van der Waals surface area (Å²) in [7, 11) is 3.71. The Morgan fingerprint density at radius 3 is 3.07 bits per heavy atom. The second-order valence-electron chi connectivity index (χ2n) is 2.90. The number of rotatable bonds is 4. The molecule has 1 aromatic rings. The number of aromatic nitrogens is 1. The molecule has 0 aliphatic carbocycles. The topological polar surface area (TPSA) is 65.8 Å². The van der Waals surface area contributed by atoms with E-state index in [0.717, 1.165) is 0 Å². The van der Waals surface area contributed by atoms with Crippen molar-refractivity contribution in [2.45, 2.75) is 6.42 Å². The van der Waals surface area contributed by atoms with Gasteiger partial charge < -0.3 is 10.0 Å². The van der Waals surface area contributed by atoms with Crippen LogP contribution in [0.15, 0.2) is 10.4 Å². The maximum Gasteiger partial charge on any atom is 0.309 e. The van der Waals surface area contributed by atoms with Crippen LogP contribution >= 0.6 is 11.3 Å². The fraction of sp³-hybridized carbons (Fsp3) is 0.375. The number of hydrogen-bond donors (Lipinski definition) is 1. The van der Waals surface area contributed by atoms with Gasteiger partial charge in [0.05, 0.1) is 18.5 Å². The molecule has 0 aliphatic rings. The number of nitrogens with zero attached hydrogens (tertiary/aromatic N) is 3. The normalized spacial score (nSPS) is 10.7. The first-order valence-corrected chi connectivity index (χ1v) is 4.82. The minimum atomic E-state index is -0.876. The third-order valence-corrected chi connectivity index (χ3v) is 2.07. The largest absolute Gasteiger partial charge is 0.481 e. The molecule has 0 aliphatic heterocycles.